The Morgan fingerprint density at radius 2 is 1.39 bits per heavy atom. The summed E-state index contributed by atoms with van der Waals surface area (Å²) in [6.07, 6.45) is 3.28. The van der Waals surface area contributed by atoms with Crippen LogP contribution in [0, 0.1) is 11.6 Å². The van der Waals surface area contributed by atoms with Crippen molar-refractivity contribution in [2.75, 3.05) is 23.9 Å². The summed E-state index contributed by atoms with van der Waals surface area (Å²) >= 11 is 0. The van der Waals surface area contributed by atoms with Gasteiger partial charge in [0, 0.05) is 61.7 Å². The molecule has 72 heavy (non-hydrogen) atoms. The van der Waals surface area contributed by atoms with E-state index in [9.17, 15) is 33.7 Å². The van der Waals surface area contributed by atoms with E-state index in [-0.39, 0.29) is 60.2 Å². The van der Waals surface area contributed by atoms with Gasteiger partial charge in [-0.2, -0.15) is 10.2 Å². The van der Waals surface area contributed by atoms with Crippen LogP contribution in [0.2, 0.25) is 0 Å². The van der Waals surface area contributed by atoms with Gasteiger partial charge in [-0.15, -0.1) is 0 Å². The monoisotopic (exact) mass is 994 g/mol. The number of carboxylic acid groups (broad SMARTS) is 1. The number of esters is 1. The van der Waals surface area contributed by atoms with Crippen LogP contribution in [0.3, 0.4) is 0 Å². The second-order valence-electron chi connectivity index (χ2n) is 17.0. The molecule has 7 rings (SSSR count). The molecule has 17 nitrogen and oxygen atoms in total. The van der Waals surface area contributed by atoms with E-state index in [1.165, 1.54) is 30.3 Å². The Morgan fingerprint density at radius 3 is 1.92 bits per heavy atom. The average molecular weight is 995 g/mol. The van der Waals surface area contributed by atoms with Crippen molar-refractivity contribution < 1.29 is 72.7 Å². The van der Waals surface area contributed by atoms with E-state index in [1.54, 1.807) is 79.2 Å². The van der Waals surface area contributed by atoms with E-state index in [4.69, 9.17) is 19.4 Å². The Kier molecular flexibility index (Phi) is 20.2. The molecule has 4 heterocycles. The molecule has 4 aromatic heterocycles. The molecule has 3 aromatic carbocycles. The van der Waals surface area contributed by atoms with Crippen LogP contribution >= 0.6 is 0 Å². The maximum Gasteiger partial charge on any atom is 1.00 e. The summed E-state index contributed by atoms with van der Waals surface area (Å²) < 4.78 is 41.3. The molecule has 3 N–H and O–H groups in total. The van der Waals surface area contributed by atoms with Crippen molar-refractivity contribution in [3.05, 3.63) is 143 Å². The van der Waals surface area contributed by atoms with Crippen molar-refractivity contribution in [3.8, 4) is 28.3 Å². The first-order valence-electron chi connectivity index (χ1n) is 22.9. The molecule has 0 aliphatic rings. The maximum atomic E-state index is 13.9. The zero-order valence-corrected chi connectivity index (χ0v) is 43.7. The first-order valence-corrected chi connectivity index (χ1v) is 22.9. The third kappa shape index (κ3) is 14.6. The zero-order valence-electron chi connectivity index (χ0n) is 41.7. The van der Waals surface area contributed by atoms with Gasteiger partial charge in [0.25, 0.3) is 0 Å². The largest absolute Gasteiger partial charge is 1.00 e. The van der Waals surface area contributed by atoms with Crippen molar-refractivity contribution in [2.24, 2.45) is 14.1 Å². The summed E-state index contributed by atoms with van der Waals surface area (Å²) in [4.78, 5) is 44.5. The molecule has 0 unspecified atom stereocenters. The number of carbonyl (C=O) groups excluding carboxylic acids is 2. The first kappa shape index (κ1) is 56.0. The summed E-state index contributed by atoms with van der Waals surface area (Å²) in [6, 6.07) is 23.1. The van der Waals surface area contributed by atoms with Crippen molar-refractivity contribution in [1.29, 1.82) is 0 Å². The molecule has 0 bridgehead atoms. The number of carboxylic acids is 1. The number of aliphatic hydroxyl groups excluding tert-OH is 2. The van der Waals surface area contributed by atoms with E-state index in [0.29, 0.717) is 69.3 Å². The van der Waals surface area contributed by atoms with Crippen LogP contribution in [0.4, 0.5) is 32.3 Å². The third-order valence-corrected chi connectivity index (χ3v) is 11.0. The van der Waals surface area contributed by atoms with Gasteiger partial charge in [-0.1, -0.05) is 52.0 Å². The minimum Gasteiger partial charge on any atom is -0.550 e. The minimum absolute atomic E-state index is 0. The summed E-state index contributed by atoms with van der Waals surface area (Å²) in [7, 11) is 5.23. The topological polar surface area (TPSA) is 219 Å². The molecule has 7 aromatic rings. The van der Waals surface area contributed by atoms with Crippen molar-refractivity contribution in [3.63, 3.8) is 0 Å². The Morgan fingerprint density at radius 1 is 0.792 bits per heavy atom. The van der Waals surface area contributed by atoms with Crippen LogP contribution in [0.5, 0.6) is 5.75 Å². The Balaban J connectivity index is 0.000000287. The van der Waals surface area contributed by atoms with Crippen LogP contribution in [0.25, 0.3) is 28.6 Å². The number of nitrogens with one attached hydrogen (secondary N) is 1. The molecule has 0 aliphatic heterocycles. The fourth-order valence-electron chi connectivity index (χ4n) is 7.45. The number of hydrogen-bond donors (Lipinski definition) is 3. The summed E-state index contributed by atoms with van der Waals surface area (Å²) in [6.45, 7) is 10.2. The standard InChI is InChI=1S/C32H36FN5O5.C20H22FN5O2.Na/c1-20(2)30-27(14-11-24(39)17-25(40)18-29(41)42)31(22-7-9-23(33)10-8-22)36-32(35-30)38(28-15-16-34-37(28)3)19-21-5-12-26(43-4)13-6-21;1-5-28-19(27)16-17(12(2)3)24-20(23-15-10-11-22-26(15)4)25-18(16)13-6-8-14(21)9-7-13;/h5-16,20,24-25,39-40H,17-19H2,1-4H3,(H,41,42);6-12H,5H2,1-4H3,(H,23,24,25);/q;;+1/p-1/b14-11+;;/t24-,25-;;/m1../s1. The van der Waals surface area contributed by atoms with Gasteiger partial charge in [-0.25, -0.2) is 33.5 Å². The second kappa shape index (κ2) is 26.0. The predicted octanol–water partition coefficient (Wildman–Crippen LogP) is 4.82. The molecule has 0 saturated carbocycles. The number of aliphatic hydroxyl groups is 2. The predicted molar refractivity (Wildman–Crippen MR) is 263 cm³/mol. The number of ether oxygens (including phenoxy) is 2. The molecular formula is C52H57F2N10NaO7. The van der Waals surface area contributed by atoms with Crippen LogP contribution in [0.1, 0.15) is 92.2 Å². The Labute approximate surface area is 438 Å². The number of aromatic nitrogens is 8. The number of anilines is 4. The smallest absolute Gasteiger partial charge is 0.550 e. The second-order valence-corrected chi connectivity index (χ2v) is 17.0. The van der Waals surface area contributed by atoms with E-state index in [2.05, 4.69) is 25.5 Å². The van der Waals surface area contributed by atoms with Crippen LogP contribution in [-0.2, 0) is 30.2 Å². The molecule has 0 fully saturated rings. The van der Waals surface area contributed by atoms with Crippen LogP contribution in [0.15, 0.2) is 103 Å². The van der Waals surface area contributed by atoms with Gasteiger partial charge in [-0.05, 0) is 85.0 Å². The number of halogens is 2. The number of carbonyl (C=O) groups is 2. The molecule has 0 aliphatic carbocycles. The molecule has 372 valence electrons. The minimum atomic E-state index is -1.40. The summed E-state index contributed by atoms with van der Waals surface area (Å²) in [5.74, 6) is 0.0747. The fraction of sp³-hybridized carbons (Fsp3) is 0.308. The molecule has 2 atom stereocenters. The van der Waals surface area contributed by atoms with Gasteiger partial charge >= 0.3 is 35.5 Å². The Bertz CT molecular complexity index is 2930. The fourth-order valence-corrected chi connectivity index (χ4v) is 7.45. The van der Waals surface area contributed by atoms with Gasteiger partial charge in [0.2, 0.25) is 11.9 Å². The van der Waals surface area contributed by atoms with Crippen molar-refractivity contribution >= 4 is 41.5 Å². The molecule has 20 heteroatoms. The molecule has 0 spiro atoms. The SMILES string of the molecule is CCOC(=O)c1c(-c2ccc(F)cc2)nc(Nc2ccnn2C)nc1C(C)C.COc1ccc(CN(c2nc(-c3ccc(F)cc3)c(/C=C/[C@@H](O)C[C@@H](O)CC(=O)[O-])c(C(C)C)n2)c2ccnn2C)cc1.[Na+]. The van der Waals surface area contributed by atoms with Crippen molar-refractivity contribution in [1.82, 2.24) is 39.5 Å². The van der Waals surface area contributed by atoms with E-state index in [0.717, 1.165) is 17.1 Å². The maximum absolute atomic E-state index is 13.9. The number of nitrogens with zero attached hydrogens (tertiary/aromatic N) is 9. The van der Waals surface area contributed by atoms with Gasteiger partial charge in [0.1, 0.15) is 34.6 Å². The summed E-state index contributed by atoms with van der Waals surface area (Å²) in [5, 5.41) is 42.9. The number of aryl methyl sites for hydroxylation is 2. The van der Waals surface area contributed by atoms with Gasteiger partial charge in [0.05, 0.1) is 67.6 Å². The van der Waals surface area contributed by atoms with Crippen LogP contribution in [-0.4, -0.2) is 87.6 Å². The van der Waals surface area contributed by atoms with Gasteiger partial charge in [0.15, 0.2) is 0 Å². The Hall–Kier alpha value is -6.90. The number of methoxy groups -OCH3 is 1. The molecule has 0 saturated heterocycles. The average Bonchev–Trinajstić information content (AvgIpc) is 3.96. The zero-order chi connectivity index (χ0) is 51.4. The van der Waals surface area contributed by atoms with E-state index in [1.807, 2.05) is 70.0 Å². The normalized spacial score (nSPS) is 12.0. The number of rotatable bonds is 19. The molecule has 0 amide bonds. The number of hydrogen-bond acceptors (Lipinski definition) is 15. The molecule has 0 radical (unpaired) electrons. The van der Waals surface area contributed by atoms with Gasteiger partial charge < -0.3 is 34.9 Å². The van der Waals surface area contributed by atoms with E-state index >= 15 is 0 Å². The molecular weight excluding hydrogens is 938 g/mol. The van der Waals surface area contributed by atoms with Crippen molar-refractivity contribution in [2.45, 2.75) is 78.0 Å². The van der Waals surface area contributed by atoms with Crippen LogP contribution < -0.4 is 49.6 Å². The first-order chi connectivity index (χ1) is 34.0. The number of aliphatic carboxylic acids is 1. The van der Waals surface area contributed by atoms with E-state index < -0.39 is 36.4 Å². The number of benzene rings is 3. The van der Waals surface area contributed by atoms with Gasteiger partial charge in [-0.3, -0.25) is 14.3 Å². The quantitative estimate of drug-likeness (QED) is 0.0732. The third-order valence-electron chi connectivity index (χ3n) is 11.0. The summed E-state index contributed by atoms with van der Waals surface area (Å²) in [5.41, 5.74) is 5.22.